The molecule has 3 N–H and O–H groups in total. The third kappa shape index (κ3) is 15.0. The van der Waals surface area contributed by atoms with Gasteiger partial charge in [0.1, 0.15) is 0 Å². The Labute approximate surface area is 123 Å². The van der Waals surface area contributed by atoms with Crippen molar-refractivity contribution in [1.29, 1.82) is 0 Å². The lowest BCUT2D eigenvalue weighted by Gasteiger charge is -2.06. The molecule has 0 heterocycles. The van der Waals surface area contributed by atoms with Gasteiger partial charge in [-0.1, -0.05) is 46.0 Å². The van der Waals surface area contributed by atoms with E-state index >= 15 is 0 Å². The molecule has 0 atom stereocenters. The average Bonchev–Trinajstić information content (AvgIpc) is 2.37. The Morgan fingerprint density at radius 2 is 1.50 bits per heavy atom. The summed E-state index contributed by atoms with van der Waals surface area (Å²) in [4.78, 5) is 22.1. The van der Waals surface area contributed by atoms with Crippen LogP contribution in [0.5, 0.6) is 0 Å². The van der Waals surface area contributed by atoms with Gasteiger partial charge in [-0.3, -0.25) is 9.59 Å². The Bertz CT molecular complexity index is 265. The predicted octanol–water partition coefficient (Wildman–Crippen LogP) is 3.14. The van der Waals surface area contributed by atoms with Crippen LogP contribution < -0.4 is 11.1 Å². The number of rotatable bonds is 13. The van der Waals surface area contributed by atoms with E-state index in [9.17, 15) is 9.59 Å². The summed E-state index contributed by atoms with van der Waals surface area (Å²) >= 11 is 0. The molecule has 20 heavy (non-hydrogen) atoms. The number of hydrogen-bond acceptors (Lipinski definition) is 2. The Morgan fingerprint density at radius 1 is 0.900 bits per heavy atom. The number of carbonyl (C=O) groups is 2. The summed E-state index contributed by atoms with van der Waals surface area (Å²) in [5.74, 6) is 0.699. The number of amides is 2. The van der Waals surface area contributed by atoms with Crippen molar-refractivity contribution in [2.45, 2.75) is 78.1 Å². The number of nitrogens with two attached hydrogens (primary N) is 1. The second kappa shape index (κ2) is 12.9. The Kier molecular flexibility index (Phi) is 12.3. The third-order valence-corrected chi connectivity index (χ3v) is 3.36. The minimum atomic E-state index is -0.213. The van der Waals surface area contributed by atoms with Crippen molar-refractivity contribution in [2.75, 3.05) is 6.54 Å². The minimum absolute atomic E-state index is 0.183. The van der Waals surface area contributed by atoms with Crippen LogP contribution in [0.15, 0.2) is 0 Å². The van der Waals surface area contributed by atoms with Gasteiger partial charge in [0.2, 0.25) is 11.8 Å². The number of nitrogens with one attached hydrogen (secondary N) is 1. The molecule has 0 aliphatic carbocycles. The van der Waals surface area contributed by atoms with E-state index in [1.54, 1.807) is 0 Å². The standard InChI is InChI=1S/C16H32N2O2/c1-14(2)10-7-8-12-16(20)18-13-9-5-3-4-6-11-15(17)19/h14H,3-13H2,1-2H3,(H2,17,19)(H,18,20). The lowest BCUT2D eigenvalue weighted by Crippen LogP contribution is -2.23. The lowest BCUT2D eigenvalue weighted by molar-refractivity contribution is -0.121. The van der Waals surface area contributed by atoms with Gasteiger partial charge in [-0.2, -0.15) is 0 Å². The van der Waals surface area contributed by atoms with Gasteiger partial charge in [0.25, 0.3) is 0 Å². The van der Waals surface area contributed by atoms with Crippen molar-refractivity contribution >= 4 is 11.8 Å². The summed E-state index contributed by atoms with van der Waals surface area (Å²) in [6.45, 7) is 5.20. The molecule has 0 spiro atoms. The Morgan fingerprint density at radius 3 is 2.15 bits per heavy atom. The molecule has 0 saturated carbocycles. The van der Waals surface area contributed by atoms with Crippen LogP contribution in [0, 0.1) is 5.92 Å². The number of unbranched alkanes of at least 4 members (excludes halogenated alkanes) is 5. The smallest absolute Gasteiger partial charge is 0.219 e. The second-order valence-corrected chi connectivity index (χ2v) is 5.97. The van der Waals surface area contributed by atoms with Crippen molar-refractivity contribution in [1.82, 2.24) is 5.32 Å². The van der Waals surface area contributed by atoms with E-state index in [4.69, 9.17) is 5.73 Å². The second-order valence-electron chi connectivity index (χ2n) is 5.97. The summed E-state index contributed by atoms with van der Waals surface area (Å²) in [7, 11) is 0. The largest absolute Gasteiger partial charge is 0.370 e. The Balaban J connectivity index is 3.21. The molecule has 0 rings (SSSR count). The zero-order valence-corrected chi connectivity index (χ0v) is 13.2. The average molecular weight is 284 g/mol. The zero-order valence-electron chi connectivity index (χ0n) is 13.2. The molecule has 0 aromatic heterocycles. The Hall–Kier alpha value is -1.06. The highest BCUT2D eigenvalue weighted by Gasteiger charge is 2.01. The van der Waals surface area contributed by atoms with E-state index in [-0.39, 0.29) is 11.8 Å². The van der Waals surface area contributed by atoms with Crippen LogP contribution in [0.3, 0.4) is 0 Å². The van der Waals surface area contributed by atoms with E-state index in [2.05, 4.69) is 19.2 Å². The van der Waals surface area contributed by atoms with Crippen LogP contribution in [0.25, 0.3) is 0 Å². The first-order valence-electron chi connectivity index (χ1n) is 8.07. The number of carbonyl (C=O) groups excluding carboxylic acids is 2. The molecule has 4 heteroatoms. The van der Waals surface area contributed by atoms with Crippen LogP contribution in [-0.4, -0.2) is 18.4 Å². The lowest BCUT2D eigenvalue weighted by atomic mass is 10.1. The maximum absolute atomic E-state index is 11.5. The van der Waals surface area contributed by atoms with E-state index in [1.807, 2.05) is 0 Å². The minimum Gasteiger partial charge on any atom is -0.370 e. The van der Waals surface area contributed by atoms with Crippen LogP contribution in [0.2, 0.25) is 0 Å². The molecule has 0 aliphatic heterocycles. The molecule has 0 aliphatic rings. The first-order chi connectivity index (χ1) is 9.52. The molecule has 0 aromatic carbocycles. The fraction of sp³-hybridized carbons (Fsp3) is 0.875. The van der Waals surface area contributed by atoms with Crippen LogP contribution in [0.4, 0.5) is 0 Å². The summed E-state index contributed by atoms with van der Waals surface area (Å²) in [5.41, 5.74) is 5.07. The highest BCUT2D eigenvalue weighted by Crippen LogP contribution is 2.08. The highest BCUT2D eigenvalue weighted by atomic mass is 16.1. The van der Waals surface area contributed by atoms with E-state index in [0.717, 1.165) is 57.4 Å². The van der Waals surface area contributed by atoms with Gasteiger partial charge in [0, 0.05) is 19.4 Å². The van der Waals surface area contributed by atoms with E-state index < -0.39 is 0 Å². The molecule has 118 valence electrons. The van der Waals surface area contributed by atoms with Crippen molar-refractivity contribution in [2.24, 2.45) is 11.7 Å². The quantitative estimate of drug-likeness (QED) is 0.510. The summed E-state index contributed by atoms with van der Waals surface area (Å²) < 4.78 is 0. The van der Waals surface area contributed by atoms with Crippen molar-refractivity contribution in [3.8, 4) is 0 Å². The molecule has 0 bridgehead atoms. The molecule has 0 saturated heterocycles. The SMILES string of the molecule is CC(C)CCCCC(=O)NCCCCCCCC(N)=O. The normalized spacial score (nSPS) is 10.8. The summed E-state index contributed by atoms with van der Waals surface area (Å²) in [6.07, 6.45) is 9.67. The van der Waals surface area contributed by atoms with Crippen molar-refractivity contribution in [3.05, 3.63) is 0 Å². The molecule has 0 fully saturated rings. The molecular weight excluding hydrogens is 252 g/mol. The topological polar surface area (TPSA) is 72.2 Å². The van der Waals surface area contributed by atoms with Gasteiger partial charge in [-0.25, -0.2) is 0 Å². The van der Waals surface area contributed by atoms with Crippen LogP contribution in [0.1, 0.15) is 78.1 Å². The van der Waals surface area contributed by atoms with E-state index in [0.29, 0.717) is 12.8 Å². The van der Waals surface area contributed by atoms with Gasteiger partial charge in [-0.05, 0) is 25.2 Å². The van der Waals surface area contributed by atoms with Crippen LogP contribution in [-0.2, 0) is 9.59 Å². The number of primary amides is 1. The summed E-state index contributed by atoms with van der Waals surface area (Å²) in [5, 5.41) is 2.97. The fourth-order valence-electron chi connectivity index (χ4n) is 2.11. The zero-order chi connectivity index (χ0) is 15.2. The number of hydrogen-bond donors (Lipinski definition) is 2. The molecule has 0 aromatic rings. The first kappa shape index (κ1) is 18.9. The van der Waals surface area contributed by atoms with Gasteiger partial charge < -0.3 is 11.1 Å². The molecule has 0 radical (unpaired) electrons. The molecule has 4 nitrogen and oxygen atoms in total. The van der Waals surface area contributed by atoms with Crippen molar-refractivity contribution < 1.29 is 9.59 Å². The van der Waals surface area contributed by atoms with Gasteiger partial charge >= 0.3 is 0 Å². The monoisotopic (exact) mass is 284 g/mol. The van der Waals surface area contributed by atoms with E-state index in [1.165, 1.54) is 6.42 Å². The van der Waals surface area contributed by atoms with Crippen LogP contribution >= 0.6 is 0 Å². The fourth-order valence-corrected chi connectivity index (χ4v) is 2.11. The van der Waals surface area contributed by atoms with Gasteiger partial charge in [-0.15, -0.1) is 0 Å². The van der Waals surface area contributed by atoms with Crippen molar-refractivity contribution in [3.63, 3.8) is 0 Å². The maximum atomic E-state index is 11.5. The highest BCUT2D eigenvalue weighted by molar-refractivity contribution is 5.75. The first-order valence-corrected chi connectivity index (χ1v) is 8.07. The van der Waals surface area contributed by atoms with Gasteiger partial charge in [0.15, 0.2) is 0 Å². The predicted molar refractivity (Wildman–Crippen MR) is 83.2 cm³/mol. The maximum Gasteiger partial charge on any atom is 0.219 e. The van der Waals surface area contributed by atoms with Gasteiger partial charge in [0.05, 0.1) is 0 Å². The molecular formula is C16H32N2O2. The third-order valence-electron chi connectivity index (χ3n) is 3.36. The molecule has 2 amide bonds. The molecule has 0 unspecified atom stereocenters. The summed E-state index contributed by atoms with van der Waals surface area (Å²) in [6, 6.07) is 0.